The van der Waals surface area contributed by atoms with Crippen molar-refractivity contribution in [3.8, 4) is 0 Å². The number of rotatable bonds is 4. The van der Waals surface area contributed by atoms with Gasteiger partial charge in [0.25, 0.3) is 0 Å². The first kappa shape index (κ1) is 17.4. The van der Waals surface area contributed by atoms with Gasteiger partial charge >= 0.3 is 5.97 Å². The molecule has 2 rings (SSSR count). The standard InChI is InChI=1S/C17H28O4Si/c1-7-20-16(19)12-10-14(15-11(12)8-9-13(15)18)21-22(5,6)17(2,3)4/h10-11,14-15H,7-9H2,1-6H3/t11-,14+,15+/m1/s1. The van der Waals surface area contributed by atoms with E-state index in [0.717, 1.165) is 6.42 Å². The van der Waals surface area contributed by atoms with Gasteiger partial charge in [-0.1, -0.05) is 20.8 Å². The highest BCUT2D eigenvalue weighted by molar-refractivity contribution is 6.74. The van der Waals surface area contributed by atoms with E-state index in [9.17, 15) is 9.59 Å². The topological polar surface area (TPSA) is 52.6 Å². The molecule has 0 radical (unpaired) electrons. The molecule has 0 amide bonds. The first-order valence-corrected chi connectivity index (χ1v) is 11.1. The SMILES string of the molecule is CCOC(=O)C1=C[C@H](O[Si](C)(C)C(C)(C)C)[C@@H]2C(=O)CC[C@H]12. The lowest BCUT2D eigenvalue weighted by Gasteiger charge is -2.39. The molecule has 0 bridgehead atoms. The maximum absolute atomic E-state index is 12.3. The zero-order chi connectivity index (χ0) is 16.7. The minimum atomic E-state index is -1.99. The summed E-state index contributed by atoms with van der Waals surface area (Å²) in [5, 5.41) is 0.0741. The Bertz CT molecular complexity index is 501. The van der Waals surface area contributed by atoms with Crippen LogP contribution in [0.1, 0.15) is 40.5 Å². The van der Waals surface area contributed by atoms with Crippen molar-refractivity contribution in [2.75, 3.05) is 6.61 Å². The zero-order valence-electron chi connectivity index (χ0n) is 14.6. The van der Waals surface area contributed by atoms with Gasteiger partial charge in [-0.05, 0) is 37.6 Å². The van der Waals surface area contributed by atoms with Crippen LogP contribution in [0, 0.1) is 11.8 Å². The molecule has 22 heavy (non-hydrogen) atoms. The summed E-state index contributed by atoms with van der Waals surface area (Å²) in [6, 6.07) is 0. The third kappa shape index (κ3) is 3.06. The largest absolute Gasteiger partial charge is 0.463 e. The van der Waals surface area contributed by atoms with Crippen LogP contribution in [0.3, 0.4) is 0 Å². The molecule has 0 heterocycles. The normalized spacial score (nSPS) is 28.5. The smallest absolute Gasteiger partial charge is 0.334 e. The summed E-state index contributed by atoms with van der Waals surface area (Å²) in [6.07, 6.45) is 2.89. The number of hydrogen-bond acceptors (Lipinski definition) is 4. The first-order valence-electron chi connectivity index (χ1n) is 8.18. The number of carbonyl (C=O) groups excluding carboxylic acids is 2. The molecular formula is C17H28O4Si. The second kappa shape index (κ2) is 5.93. The minimum Gasteiger partial charge on any atom is -0.463 e. The fraction of sp³-hybridized carbons (Fsp3) is 0.765. The predicted octanol–water partition coefficient (Wildman–Crippen LogP) is 3.48. The number of Topliss-reactive ketones (excluding diaryl/α,β-unsaturated/α-hetero) is 1. The van der Waals surface area contributed by atoms with Crippen molar-refractivity contribution in [1.29, 1.82) is 0 Å². The molecule has 0 aliphatic heterocycles. The Morgan fingerprint density at radius 3 is 2.55 bits per heavy atom. The lowest BCUT2D eigenvalue weighted by molar-refractivity contribution is -0.139. The van der Waals surface area contributed by atoms with E-state index in [1.807, 2.05) is 6.08 Å². The van der Waals surface area contributed by atoms with Crippen LogP contribution in [0.25, 0.3) is 0 Å². The van der Waals surface area contributed by atoms with E-state index in [0.29, 0.717) is 18.6 Å². The Balaban J connectivity index is 2.26. The highest BCUT2D eigenvalue weighted by Gasteiger charge is 2.51. The second-order valence-corrected chi connectivity index (χ2v) is 12.6. The summed E-state index contributed by atoms with van der Waals surface area (Å²) < 4.78 is 11.6. The summed E-state index contributed by atoms with van der Waals surface area (Å²) in [7, 11) is -1.99. The van der Waals surface area contributed by atoms with Crippen molar-refractivity contribution < 1.29 is 18.8 Å². The van der Waals surface area contributed by atoms with Crippen molar-refractivity contribution in [3.63, 3.8) is 0 Å². The van der Waals surface area contributed by atoms with E-state index < -0.39 is 8.32 Å². The fourth-order valence-corrected chi connectivity index (χ4v) is 4.34. The molecule has 0 unspecified atom stereocenters. The van der Waals surface area contributed by atoms with Gasteiger partial charge in [-0.3, -0.25) is 4.79 Å². The molecule has 4 nitrogen and oxygen atoms in total. The first-order chi connectivity index (χ1) is 10.1. The molecule has 124 valence electrons. The molecule has 5 heteroatoms. The molecule has 3 atom stereocenters. The van der Waals surface area contributed by atoms with Crippen LogP contribution in [0.4, 0.5) is 0 Å². The van der Waals surface area contributed by atoms with Crippen molar-refractivity contribution in [2.24, 2.45) is 11.8 Å². The van der Waals surface area contributed by atoms with Gasteiger partial charge in [-0.15, -0.1) is 0 Å². The number of carbonyl (C=O) groups is 2. The second-order valence-electron chi connectivity index (χ2n) is 7.82. The Morgan fingerprint density at radius 1 is 1.36 bits per heavy atom. The maximum atomic E-state index is 12.3. The van der Waals surface area contributed by atoms with Crippen LogP contribution >= 0.6 is 0 Å². The highest BCUT2D eigenvalue weighted by Crippen LogP contribution is 2.47. The van der Waals surface area contributed by atoms with Crippen molar-refractivity contribution in [3.05, 3.63) is 11.6 Å². The Labute approximate surface area is 134 Å². The van der Waals surface area contributed by atoms with Gasteiger partial charge in [0, 0.05) is 17.9 Å². The summed E-state index contributed by atoms with van der Waals surface area (Å²) in [5.41, 5.74) is 0.654. The number of fused-ring (bicyclic) bond motifs is 1. The molecule has 0 aromatic rings. The zero-order valence-corrected chi connectivity index (χ0v) is 15.6. The Kier molecular flexibility index (Phi) is 4.69. The summed E-state index contributed by atoms with van der Waals surface area (Å²) in [4.78, 5) is 24.4. The molecule has 2 aliphatic rings. The third-order valence-corrected chi connectivity index (χ3v) is 9.83. The lowest BCUT2D eigenvalue weighted by Crippen LogP contribution is -2.45. The minimum absolute atomic E-state index is 0.0127. The average molecular weight is 324 g/mol. The van der Waals surface area contributed by atoms with Crippen LogP contribution in [0.2, 0.25) is 18.1 Å². The van der Waals surface area contributed by atoms with E-state index >= 15 is 0 Å². The Hall–Kier alpha value is -0.943. The summed E-state index contributed by atoms with van der Waals surface area (Å²) in [6.45, 7) is 13.0. The maximum Gasteiger partial charge on any atom is 0.334 e. The van der Waals surface area contributed by atoms with Gasteiger partial charge in [0.05, 0.1) is 18.6 Å². The van der Waals surface area contributed by atoms with E-state index in [1.165, 1.54) is 0 Å². The van der Waals surface area contributed by atoms with Gasteiger partial charge in [-0.2, -0.15) is 0 Å². The summed E-state index contributed by atoms with van der Waals surface area (Å²) >= 11 is 0. The molecule has 0 aromatic heterocycles. The quantitative estimate of drug-likeness (QED) is 0.587. The van der Waals surface area contributed by atoms with Gasteiger partial charge in [0.15, 0.2) is 8.32 Å². The Morgan fingerprint density at radius 2 is 2.00 bits per heavy atom. The predicted molar refractivity (Wildman–Crippen MR) is 88.0 cm³/mol. The van der Waals surface area contributed by atoms with Crippen molar-refractivity contribution in [1.82, 2.24) is 0 Å². The monoisotopic (exact) mass is 324 g/mol. The molecule has 0 aromatic carbocycles. The van der Waals surface area contributed by atoms with E-state index in [1.54, 1.807) is 6.92 Å². The van der Waals surface area contributed by atoms with Crippen LogP contribution in [0.15, 0.2) is 11.6 Å². The molecule has 1 saturated carbocycles. The van der Waals surface area contributed by atoms with E-state index in [4.69, 9.17) is 9.16 Å². The lowest BCUT2D eigenvalue weighted by atomic mass is 9.93. The van der Waals surface area contributed by atoms with Crippen LogP contribution in [-0.4, -0.2) is 32.8 Å². The van der Waals surface area contributed by atoms with Crippen molar-refractivity contribution in [2.45, 2.75) is 64.8 Å². The molecule has 0 spiro atoms. The van der Waals surface area contributed by atoms with Crippen LogP contribution < -0.4 is 0 Å². The molecule has 0 saturated heterocycles. The fourth-order valence-electron chi connectivity index (χ4n) is 3.09. The number of ether oxygens (including phenoxy) is 1. The number of ketones is 1. The van der Waals surface area contributed by atoms with Gasteiger partial charge < -0.3 is 9.16 Å². The van der Waals surface area contributed by atoms with Crippen molar-refractivity contribution >= 4 is 20.1 Å². The average Bonchev–Trinajstić information content (AvgIpc) is 2.90. The van der Waals surface area contributed by atoms with Crippen LogP contribution in [-0.2, 0) is 18.8 Å². The van der Waals surface area contributed by atoms with E-state index in [2.05, 4.69) is 33.9 Å². The molecular weight excluding hydrogens is 296 g/mol. The number of esters is 1. The van der Waals surface area contributed by atoms with Crippen LogP contribution in [0.5, 0.6) is 0 Å². The van der Waals surface area contributed by atoms with E-state index in [-0.39, 0.29) is 34.7 Å². The number of hydrogen-bond donors (Lipinski definition) is 0. The van der Waals surface area contributed by atoms with Gasteiger partial charge in [0.1, 0.15) is 5.78 Å². The van der Waals surface area contributed by atoms with Gasteiger partial charge in [0.2, 0.25) is 0 Å². The third-order valence-electron chi connectivity index (χ3n) is 5.35. The molecule has 2 aliphatic carbocycles. The molecule has 0 N–H and O–H groups in total. The summed E-state index contributed by atoms with van der Waals surface area (Å²) in [5.74, 6) is -0.257. The van der Waals surface area contributed by atoms with Gasteiger partial charge in [-0.25, -0.2) is 4.79 Å². The molecule has 1 fully saturated rings. The highest BCUT2D eigenvalue weighted by atomic mass is 28.4.